The summed E-state index contributed by atoms with van der Waals surface area (Å²) in [5.74, 6) is 1.92. The summed E-state index contributed by atoms with van der Waals surface area (Å²) >= 11 is 7.91. The maximum atomic E-state index is 13.5. The zero-order chi connectivity index (χ0) is 26.0. The highest BCUT2D eigenvalue weighted by molar-refractivity contribution is 7.98. The Bertz CT molecular complexity index is 1260. The first-order chi connectivity index (χ1) is 17.4. The first-order valence-corrected chi connectivity index (χ1v) is 14.2. The van der Waals surface area contributed by atoms with Crippen LogP contribution in [0.2, 0.25) is 5.02 Å². The summed E-state index contributed by atoms with van der Waals surface area (Å²) in [4.78, 5) is 12.7. The summed E-state index contributed by atoms with van der Waals surface area (Å²) in [7, 11) is -1.15. The van der Waals surface area contributed by atoms with E-state index in [1.165, 1.54) is 32.4 Å². The fourth-order valence-corrected chi connectivity index (χ4v) is 6.08. The van der Waals surface area contributed by atoms with E-state index in [1.807, 2.05) is 24.3 Å². The number of carbonyl (C=O) groups excluding carboxylic acids is 1. The minimum absolute atomic E-state index is 0.00669. The molecule has 0 atom stereocenters. The van der Waals surface area contributed by atoms with Crippen LogP contribution in [-0.4, -0.2) is 47.4 Å². The van der Waals surface area contributed by atoms with Crippen molar-refractivity contribution in [2.45, 2.75) is 17.1 Å². The van der Waals surface area contributed by atoms with Crippen LogP contribution in [0.1, 0.15) is 12.0 Å². The highest BCUT2D eigenvalue weighted by Gasteiger charge is 2.28. The molecule has 0 saturated carbocycles. The van der Waals surface area contributed by atoms with E-state index in [0.29, 0.717) is 18.0 Å². The lowest BCUT2D eigenvalue weighted by atomic mass is 10.2. The number of methoxy groups -OCH3 is 2. The predicted molar refractivity (Wildman–Crippen MR) is 146 cm³/mol. The number of para-hydroxylation sites is 1. The Hall–Kier alpha value is -2.88. The summed E-state index contributed by atoms with van der Waals surface area (Å²) in [6.07, 6.45) is 0.745. The van der Waals surface area contributed by atoms with Gasteiger partial charge in [0.2, 0.25) is 5.91 Å². The number of nitrogens with one attached hydrogen (secondary N) is 1. The Labute approximate surface area is 221 Å². The second kappa shape index (κ2) is 13.4. The number of thioether (sulfide) groups is 1. The number of halogens is 1. The van der Waals surface area contributed by atoms with Gasteiger partial charge in [0, 0.05) is 23.4 Å². The molecule has 0 unspecified atom stereocenters. The van der Waals surface area contributed by atoms with Crippen molar-refractivity contribution in [3.63, 3.8) is 0 Å². The van der Waals surface area contributed by atoms with Gasteiger partial charge in [0.25, 0.3) is 10.0 Å². The van der Waals surface area contributed by atoms with Crippen molar-refractivity contribution < 1.29 is 22.7 Å². The normalized spacial score (nSPS) is 11.1. The molecule has 0 radical (unpaired) electrons. The number of anilines is 1. The number of nitrogens with zero attached hydrogens (tertiary/aromatic N) is 1. The van der Waals surface area contributed by atoms with Crippen LogP contribution in [-0.2, 0) is 20.6 Å². The maximum Gasteiger partial charge on any atom is 0.264 e. The van der Waals surface area contributed by atoms with Crippen molar-refractivity contribution in [2.24, 2.45) is 0 Å². The highest BCUT2D eigenvalue weighted by Crippen LogP contribution is 2.32. The second-order valence-electron chi connectivity index (χ2n) is 7.71. The number of carbonyl (C=O) groups is 1. The molecule has 36 heavy (non-hydrogen) atoms. The van der Waals surface area contributed by atoms with E-state index >= 15 is 0 Å². The average molecular weight is 549 g/mol. The molecule has 0 aromatic heterocycles. The number of hydrogen-bond donors (Lipinski definition) is 1. The number of rotatable bonds is 13. The van der Waals surface area contributed by atoms with Crippen molar-refractivity contribution in [1.29, 1.82) is 0 Å². The molecule has 7 nitrogen and oxygen atoms in total. The van der Waals surface area contributed by atoms with Crippen molar-refractivity contribution in [3.8, 4) is 11.5 Å². The predicted octanol–water partition coefficient (Wildman–Crippen LogP) is 4.99. The largest absolute Gasteiger partial charge is 0.493 e. The van der Waals surface area contributed by atoms with Gasteiger partial charge >= 0.3 is 0 Å². The maximum absolute atomic E-state index is 13.5. The molecule has 0 saturated heterocycles. The molecule has 10 heteroatoms. The van der Waals surface area contributed by atoms with Crippen LogP contribution < -0.4 is 19.1 Å². The van der Waals surface area contributed by atoms with Crippen LogP contribution in [0.4, 0.5) is 5.69 Å². The van der Waals surface area contributed by atoms with E-state index in [1.54, 1.807) is 42.1 Å². The van der Waals surface area contributed by atoms with Gasteiger partial charge in [-0.1, -0.05) is 48.0 Å². The first-order valence-electron chi connectivity index (χ1n) is 11.2. The molecule has 3 aromatic carbocycles. The number of amides is 1. The molecule has 0 fully saturated rings. The van der Waals surface area contributed by atoms with Crippen LogP contribution in [0.15, 0.2) is 77.7 Å². The van der Waals surface area contributed by atoms with Crippen molar-refractivity contribution in [1.82, 2.24) is 5.32 Å². The summed E-state index contributed by atoms with van der Waals surface area (Å²) < 4.78 is 38.7. The molecule has 0 heterocycles. The summed E-state index contributed by atoms with van der Waals surface area (Å²) in [6, 6.07) is 20.6. The quantitative estimate of drug-likeness (QED) is 0.303. The SMILES string of the molecule is COc1ccc(S(=O)(=O)N(CC(=O)NCCCSCc2ccccc2Cl)c2ccccc2)cc1OC. The monoisotopic (exact) mass is 548 g/mol. The minimum Gasteiger partial charge on any atom is -0.493 e. The van der Waals surface area contributed by atoms with Crippen molar-refractivity contribution in [3.05, 3.63) is 83.4 Å². The number of benzene rings is 3. The number of sulfonamides is 1. The third kappa shape index (κ3) is 7.32. The summed E-state index contributed by atoms with van der Waals surface area (Å²) in [5, 5.41) is 3.57. The Balaban J connectivity index is 1.63. The molecule has 1 amide bonds. The zero-order valence-corrected chi connectivity index (χ0v) is 22.5. The van der Waals surface area contributed by atoms with E-state index in [9.17, 15) is 13.2 Å². The van der Waals surface area contributed by atoms with Gasteiger partial charge in [-0.3, -0.25) is 9.10 Å². The lowest BCUT2D eigenvalue weighted by Gasteiger charge is -2.24. The minimum atomic E-state index is -4.06. The van der Waals surface area contributed by atoms with Crippen LogP contribution in [0.5, 0.6) is 11.5 Å². The van der Waals surface area contributed by atoms with Crippen LogP contribution in [0, 0.1) is 0 Å². The second-order valence-corrected chi connectivity index (χ2v) is 11.1. The van der Waals surface area contributed by atoms with Gasteiger partial charge in [0.1, 0.15) is 6.54 Å². The van der Waals surface area contributed by atoms with Gasteiger partial charge in [-0.15, -0.1) is 0 Å². The van der Waals surface area contributed by atoms with Gasteiger partial charge < -0.3 is 14.8 Å². The number of ether oxygens (including phenoxy) is 2. The van der Waals surface area contributed by atoms with Crippen molar-refractivity contribution >= 4 is 45.0 Å². The molecule has 192 valence electrons. The molecule has 3 rings (SSSR count). The van der Waals surface area contributed by atoms with Gasteiger partial charge in [0.05, 0.1) is 24.8 Å². The average Bonchev–Trinajstić information content (AvgIpc) is 2.90. The third-order valence-corrected chi connectivity index (χ3v) is 8.51. The first kappa shape index (κ1) is 27.7. The zero-order valence-electron chi connectivity index (χ0n) is 20.1. The molecule has 0 spiro atoms. The fraction of sp³-hybridized carbons (Fsp3) is 0.269. The van der Waals surface area contributed by atoms with E-state index in [-0.39, 0.29) is 23.1 Å². The van der Waals surface area contributed by atoms with Gasteiger partial charge in [0.15, 0.2) is 11.5 Å². The molecule has 0 aliphatic carbocycles. The van der Waals surface area contributed by atoms with E-state index in [2.05, 4.69) is 5.32 Å². The molecule has 3 aromatic rings. The Kier molecular flexibility index (Phi) is 10.3. The lowest BCUT2D eigenvalue weighted by molar-refractivity contribution is -0.119. The number of hydrogen-bond acceptors (Lipinski definition) is 6. The van der Waals surface area contributed by atoms with Crippen LogP contribution in [0.25, 0.3) is 0 Å². The molecular formula is C26H29ClN2O5S2. The lowest BCUT2D eigenvalue weighted by Crippen LogP contribution is -2.41. The van der Waals surface area contributed by atoms with Gasteiger partial charge in [-0.2, -0.15) is 11.8 Å². The molecule has 0 aliphatic heterocycles. The van der Waals surface area contributed by atoms with Crippen molar-refractivity contribution in [2.75, 3.05) is 37.4 Å². The molecule has 1 N–H and O–H groups in total. The fourth-order valence-electron chi connectivity index (χ4n) is 3.40. The summed E-state index contributed by atoms with van der Waals surface area (Å²) in [5.41, 5.74) is 1.46. The third-order valence-electron chi connectivity index (χ3n) is 5.28. The van der Waals surface area contributed by atoms with Crippen LogP contribution in [0.3, 0.4) is 0 Å². The summed E-state index contributed by atoms with van der Waals surface area (Å²) in [6.45, 7) is 0.0842. The van der Waals surface area contributed by atoms with Crippen LogP contribution >= 0.6 is 23.4 Å². The Morgan fingerprint density at radius 1 is 0.972 bits per heavy atom. The van der Waals surface area contributed by atoms with Gasteiger partial charge in [-0.05, 0) is 48.1 Å². The smallest absolute Gasteiger partial charge is 0.264 e. The van der Waals surface area contributed by atoms with E-state index in [4.69, 9.17) is 21.1 Å². The molecule has 0 bridgehead atoms. The van der Waals surface area contributed by atoms with Gasteiger partial charge in [-0.25, -0.2) is 8.42 Å². The molecular weight excluding hydrogens is 520 g/mol. The standard InChI is InChI=1S/C26H29ClN2O5S2/c1-33-24-14-13-22(17-25(24)34-2)36(31,32)29(21-10-4-3-5-11-21)18-26(30)28-15-8-16-35-19-20-9-6-7-12-23(20)27/h3-7,9-14,17H,8,15-16,18-19H2,1-2H3,(H,28,30). The van der Waals surface area contributed by atoms with E-state index < -0.39 is 10.0 Å². The Morgan fingerprint density at radius 3 is 2.36 bits per heavy atom. The molecule has 0 aliphatic rings. The highest BCUT2D eigenvalue weighted by atomic mass is 35.5. The van der Waals surface area contributed by atoms with E-state index in [0.717, 1.165) is 32.8 Å². The Morgan fingerprint density at radius 2 is 1.67 bits per heavy atom. The topological polar surface area (TPSA) is 84.9 Å².